The monoisotopic (exact) mass is 418 g/mol. The number of nitrogens with zero attached hydrogens (tertiary/aromatic N) is 1. The second kappa shape index (κ2) is 8.37. The fraction of sp³-hybridized carbons (Fsp3) is 0.333. The van der Waals surface area contributed by atoms with Gasteiger partial charge >= 0.3 is 4.87 Å². The number of rotatable bonds is 6. The molecular weight excluding hydrogens is 396 g/mol. The number of thiazole rings is 1. The minimum Gasteiger partial charge on any atom is -0.481 e. The van der Waals surface area contributed by atoms with Crippen molar-refractivity contribution < 1.29 is 9.53 Å². The zero-order valence-corrected chi connectivity index (χ0v) is 17.9. The number of hydrogen-bond donors (Lipinski definition) is 1. The van der Waals surface area contributed by atoms with Gasteiger partial charge in [-0.2, -0.15) is 0 Å². The van der Waals surface area contributed by atoms with E-state index in [-0.39, 0.29) is 16.8 Å². The first-order chi connectivity index (χ1) is 13.3. The van der Waals surface area contributed by atoms with E-state index in [0.717, 1.165) is 15.8 Å². The van der Waals surface area contributed by atoms with Crippen LogP contribution in [0.5, 0.6) is 5.75 Å². The molecule has 0 bridgehead atoms. The number of amides is 1. The zero-order chi connectivity index (χ0) is 20.4. The SMILES string of the molecule is CC[C@@H](Oc1ccc(Cl)c(C)c1)C(=O)Nc1ccc2c(c1)sc(=O)n2C(C)C. The van der Waals surface area contributed by atoms with Crippen LogP contribution in [0.1, 0.15) is 38.8 Å². The molecule has 0 unspecified atom stereocenters. The van der Waals surface area contributed by atoms with Crippen LogP contribution in [0, 0.1) is 6.92 Å². The highest BCUT2D eigenvalue weighted by atomic mass is 35.5. The molecule has 0 aliphatic rings. The highest BCUT2D eigenvalue weighted by molar-refractivity contribution is 7.16. The molecule has 0 fully saturated rings. The van der Waals surface area contributed by atoms with Crippen molar-refractivity contribution in [1.82, 2.24) is 4.57 Å². The molecule has 1 atom stereocenters. The molecule has 0 saturated carbocycles. The summed E-state index contributed by atoms with van der Waals surface area (Å²) in [7, 11) is 0. The van der Waals surface area contributed by atoms with Gasteiger partial charge in [0.15, 0.2) is 6.10 Å². The summed E-state index contributed by atoms with van der Waals surface area (Å²) in [5.74, 6) is 0.372. The summed E-state index contributed by atoms with van der Waals surface area (Å²) in [6, 6.07) is 10.9. The van der Waals surface area contributed by atoms with Crippen molar-refractivity contribution in [3.8, 4) is 5.75 Å². The molecule has 3 rings (SSSR count). The van der Waals surface area contributed by atoms with E-state index in [2.05, 4.69) is 5.32 Å². The minimum atomic E-state index is -0.629. The highest BCUT2D eigenvalue weighted by Crippen LogP contribution is 2.25. The third-order valence-corrected chi connectivity index (χ3v) is 5.81. The summed E-state index contributed by atoms with van der Waals surface area (Å²) in [6.07, 6.45) is -0.109. The molecule has 1 heterocycles. The topological polar surface area (TPSA) is 60.3 Å². The standard InChI is InChI=1S/C21H23ClN2O3S/c1-5-18(27-15-7-8-16(22)13(4)10-15)20(25)23-14-6-9-17-19(11-14)28-21(26)24(17)12(2)3/h6-12,18H,5H2,1-4H3,(H,23,25)/t18-/m1/s1. The Bertz CT molecular complexity index is 1070. The van der Waals surface area contributed by atoms with Crippen molar-refractivity contribution in [1.29, 1.82) is 0 Å². The number of aryl methyl sites for hydroxylation is 1. The third kappa shape index (κ3) is 4.23. The molecule has 3 aromatic rings. The lowest BCUT2D eigenvalue weighted by molar-refractivity contribution is -0.122. The summed E-state index contributed by atoms with van der Waals surface area (Å²) < 4.78 is 8.46. The molecule has 1 amide bonds. The smallest absolute Gasteiger partial charge is 0.308 e. The molecular formula is C21H23ClN2O3S. The molecule has 2 aromatic carbocycles. The van der Waals surface area contributed by atoms with E-state index in [1.54, 1.807) is 16.7 Å². The Hall–Kier alpha value is -2.31. The van der Waals surface area contributed by atoms with Gasteiger partial charge in [-0.25, -0.2) is 0 Å². The first kappa shape index (κ1) is 20.4. The molecule has 0 radical (unpaired) electrons. The van der Waals surface area contributed by atoms with Crippen LogP contribution in [-0.2, 0) is 4.79 Å². The average molecular weight is 419 g/mol. The molecule has 148 valence electrons. The summed E-state index contributed by atoms with van der Waals surface area (Å²) in [4.78, 5) is 24.9. The van der Waals surface area contributed by atoms with E-state index in [1.807, 2.05) is 52.0 Å². The molecule has 0 aliphatic carbocycles. The number of carbonyl (C=O) groups is 1. The Morgan fingerprint density at radius 3 is 2.64 bits per heavy atom. The lowest BCUT2D eigenvalue weighted by Gasteiger charge is -2.18. The van der Waals surface area contributed by atoms with Gasteiger partial charge in [0.25, 0.3) is 5.91 Å². The van der Waals surface area contributed by atoms with Gasteiger partial charge in [-0.05, 0) is 69.2 Å². The normalized spacial score (nSPS) is 12.4. The number of ether oxygens (including phenoxy) is 1. The predicted molar refractivity (Wildman–Crippen MR) is 116 cm³/mol. The van der Waals surface area contributed by atoms with Gasteiger partial charge in [0, 0.05) is 16.8 Å². The molecule has 5 nitrogen and oxygen atoms in total. The summed E-state index contributed by atoms with van der Waals surface area (Å²) in [6.45, 7) is 7.74. The van der Waals surface area contributed by atoms with Crippen LogP contribution >= 0.6 is 22.9 Å². The number of nitrogens with one attached hydrogen (secondary N) is 1. The number of fused-ring (bicyclic) bond motifs is 1. The second-order valence-corrected chi connectivity index (χ2v) is 8.33. The lowest BCUT2D eigenvalue weighted by Crippen LogP contribution is -2.32. The maximum absolute atomic E-state index is 12.7. The Labute approximate surface area is 172 Å². The van der Waals surface area contributed by atoms with E-state index >= 15 is 0 Å². The van der Waals surface area contributed by atoms with Crippen molar-refractivity contribution in [3.63, 3.8) is 0 Å². The molecule has 0 spiro atoms. The second-order valence-electron chi connectivity index (χ2n) is 6.93. The van der Waals surface area contributed by atoms with Crippen molar-refractivity contribution in [3.05, 3.63) is 56.7 Å². The van der Waals surface area contributed by atoms with E-state index in [0.29, 0.717) is 22.9 Å². The van der Waals surface area contributed by atoms with Crippen LogP contribution in [0.3, 0.4) is 0 Å². The highest BCUT2D eigenvalue weighted by Gasteiger charge is 2.19. The molecule has 0 saturated heterocycles. The Balaban J connectivity index is 1.78. The third-order valence-electron chi connectivity index (χ3n) is 4.47. The van der Waals surface area contributed by atoms with Gasteiger partial charge in [-0.1, -0.05) is 29.9 Å². The first-order valence-corrected chi connectivity index (χ1v) is 10.4. The van der Waals surface area contributed by atoms with E-state index in [1.165, 1.54) is 11.3 Å². The maximum atomic E-state index is 12.7. The molecule has 1 N–H and O–H groups in total. The van der Waals surface area contributed by atoms with E-state index in [9.17, 15) is 9.59 Å². The maximum Gasteiger partial charge on any atom is 0.308 e. The molecule has 1 aromatic heterocycles. The Kier molecular flexibility index (Phi) is 6.10. The largest absolute Gasteiger partial charge is 0.481 e. The van der Waals surface area contributed by atoms with Crippen LogP contribution in [-0.4, -0.2) is 16.6 Å². The van der Waals surface area contributed by atoms with Gasteiger partial charge in [0.2, 0.25) is 0 Å². The summed E-state index contributed by atoms with van der Waals surface area (Å²) in [5.41, 5.74) is 2.41. The number of benzene rings is 2. The molecule has 28 heavy (non-hydrogen) atoms. The van der Waals surface area contributed by atoms with Crippen molar-refractivity contribution >= 4 is 44.7 Å². The lowest BCUT2D eigenvalue weighted by atomic mass is 10.2. The summed E-state index contributed by atoms with van der Waals surface area (Å²) in [5, 5.41) is 3.55. The summed E-state index contributed by atoms with van der Waals surface area (Å²) >= 11 is 7.22. The molecule has 7 heteroatoms. The van der Waals surface area contributed by atoms with Gasteiger partial charge in [-0.3, -0.25) is 14.2 Å². The van der Waals surface area contributed by atoms with E-state index in [4.69, 9.17) is 16.3 Å². The quantitative estimate of drug-likeness (QED) is 0.582. The first-order valence-electron chi connectivity index (χ1n) is 9.19. The van der Waals surface area contributed by atoms with Gasteiger partial charge in [0.1, 0.15) is 5.75 Å². The van der Waals surface area contributed by atoms with Crippen molar-refractivity contribution in [2.24, 2.45) is 0 Å². The predicted octanol–water partition coefficient (Wildman–Crippen LogP) is 5.40. The van der Waals surface area contributed by atoms with Crippen LogP contribution in [0.15, 0.2) is 41.2 Å². The Morgan fingerprint density at radius 1 is 1.25 bits per heavy atom. The zero-order valence-electron chi connectivity index (χ0n) is 16.3. The van der Waals surface area contributed by atoms with Crippen LogP contribution in [0.2, 0.25) is 5.02 Å². The number of carbonyl (C=O) groups excluding carboxylic acids is 1. The minimum absolute atomic E-state index is 0.00125. The van der Waals surface area contributed by atoms with Crippen LogP contribution < -0.4 is 14.9 Å². The van der Waals surface area contributed by atoms with Crippen LogP contribution in [0.25, 0.3) is 10.2 Å². The number of halogens is 1. The van der Waals surface area contributed by atoms with Gasteiger partial charge < -0.3 is 10.1 Å². The fourth-order valence-corrected chi connectivity index (χ4v) is 4.17. The van der Waals surface area contributed by atoms with Crippen LogP contribution in [0.4, 0.5) is 5.69 Å². The number of anilines is 1. The van der Waals surface area contributed by atoms with Crippen molar-refractivity contribution in [2.45, 2.75) is 46.3 Å². The van der Waals surface area contributed by atoms with Crippen molar-refractivity contribution in [2.75, 3.05) is 5.32 Å². The van der Waals surface area contributed by atoms with Gasteiger partial charge in [0.05, 0.1) is 10.2 Å². The number of hydrogen-bond acceptors (Lipinski definition) is 4. The number of aromatic nitrogens is 1. The molecule has 0 aliphatic heterocycles. The fourth-order valence-electron chi connectivity index (χ4n) is 3.00. The van der Waals surface area contributed by atoms with E-state index < -0.39 is 6.10 Å². The van der Waals surface area contributed by atoms with Gasteiger partial charge in [-0.15, -0.1) is 0 Å². The average Bonchev–Trinajstić information content (AvgIpc) is 2.97. The Morgan fingerprint density at radius 2 is 2.00 bits per heavy atom.